The lowest BCUT2D eigenvalue weighted by atomic mass is 10.1. The van der Waals surface area contributed by atoms with Crippen molar-refractivity contribution in [3.05, 3.63) is 34.5 Å². The van der Waals surface area contributed by atoms with Crippen molar-refractivity contribution in [1.29, 1.82) is 0 Å². The summed E-state index contributed by atoms with van der Waals surface area (Å²) in [5.41, 5.74) is 6.35. The highest BCUT2D eigenvalue weighted by molar-refractivity contribution is 7.21. The minimum atomic E-state index is -0.280. The normalized spacial score (nSPS) is 12.6. The first-order chi connectivity index (χ1) is 9.02. The summed E-state index contributed by atoms with van der Waals surface area (Å²) in [7, 11) is 0. The molecule has 3 nitrogen and oxygen atoms in total. The van der Waals surface area contributed by atoms with Gasteiger partial charge >= 0.3 is 0 Å². The predicted molar refractivity (Wildman–Crippen MR) is 77.1 cm³/mol. The standard InChI is InChI=1S/C14H17FN2OS/c1-8(6-16)7-17-14(18)13-9(2)11-5-10(15)3-4-12(11)19-13/h3-5,8H,6-7,16H2,1-2H3,(H,17,18). The second-order valence-electron chi connectivity index (χ2n) is 4.75. The maximum Gasteiger partial charge on any atom is 0.261 e. The zero-order valence-electron chi connectivity index (χ0n) is 11.0. The number of benzene rings is 1. The van der Waals surface area contributed by atoms with E-state index in [0.29, 0.717) is 18.0 Å². The fraction of sp³-hybridized carbons (Fsp3) is 0.357. The van der Waals surface area contributed by atoms with E-state index < -0.39 is 0 Å². The maximum atomic E-state index is 13.2. The number of rotatable bonds is 4. The molecule has 19 heavy (non-hydrogen) atoms. The number of aryl methyl sites for hydroxylation is 1. The zero-order valence-corrected chi connectivity index (χ0v) is 11.8. The number of hydrogen-bond donors (Lipinski definition) is 2. The Morgan fingerprint density at radius 2 is 2.26 bits per heavy atom. The predicted octanol–water partition coefficient (Wildman–Crippen LogP) is 2.67. The second-order valence-corrected chi connectivity index (χ2v) is 5.80. The van der Waals surface area contributed by atoms with Crippen molar-refractivity contribution in [3.63, 3.8) is 0 Å². The molecule has 0 aliphatic heterocycles. The van der Waals surface area contributed by atoms with Gasteiger partial charge in [0, 0.05) is 11.2 Å². The lowest BCUT2D eigenvalue weighted by molar-refractivity contribution is 0.0952. The van der Waals surface area contributed by atoms with Gasteiger partial charge in [-0.25, -0.2) is 4.39 Å². The van der Waals surface area contributed by atoms with Crippen LogP contribution in [0.2, 0.25) is 0 Å². The van der Waals surface area contributed by atoms with Gasteiger partial charge in [0.05, 0.1) is 4.88 Å². The van der Waals surface area contributed by atoms with E-state index in [2.05, 4.69) is 5.32 Å². The van der Waals surface area contributed by atoms with Crippen LogP contribution in [0.3, 0.4) is 0 Å². The molecule has 1 aromatic heterocycles. The summed E-state index contributed by atoms with van der Waals surface area (Å²) in [5, 5.41) is 3.67. The molecule has 5 heteroatoms. The van der Waals surface area contributed by atoms with E-state index in [1.165, 1.54) is 23.5 Å². The maximum absolute atomic E-state index is 13.2. The number of thiophene rings is 1. The Kier molecular flexibility index (Phi) is 4.17. The molecule has 1 unspecified atom stereocenters. The van der Waals surface area contributed by atoms with Gasteiger partial charge in [0.1, 0.15) is 5.82 Å². The molecule has 2 rings (SSSR count). The number of nitrogens with one attached hydrogen (secondary N) is 1. The van der Waals surface area contributed by atoms with Crippen molar-refractivity contribution in [2.24, 2.45) is 11.7 Å². The third-order valence-electron chi connectivity index (χ3n) is 3.12. The smallest absolute Gasteiger partial charge is 0.261 e. The number of carbonyl (C=O) groups is 1. The molecule has 102 valence electrons. The summed E-state index contributed by atoms with van der Waals surface area (Å²) < 4.78 is 14.1. The Hall–Kier alpha value is -1.46. The largest absolute Gasteiger partial charge is 0.351 e. The monoisotopic (exact) mass is 280 g/mol. The third-order valence-corrected chi connectivity index (χ3v) is 4.39. The molecule has 0 radical (unpaired) electrons. The zero-order chi connectivity index (χ0) is 14.0. The molecule has 1 amide bonds. The molecule has 2 aromatic rings. The summed E-state index contributed by atoms with van der Waals surface area (Å²) in [6.45, 7) is 4.92. The van der Waals surface area contributed by atoms with E-state index in [1.807, 2.05) is 13.8 Å². The molecule has 0 fully saturated rings. The topological polar surface area (TPSA) is 55.1 Å². The van der Waals surface area contributed by atoms with Crippen molar-refractivity contribution in [2.45, 2.75) is 13.8 Å². The Balaban J connectivity index is 2.25. The number of amides is 1. The van der Waals surface area contributed by atoms with E-state index >= 15 is 0 Å². The highest BCUT2D eigenvalue weighted by Gasteiger charge is 2.16. The van der Waals surface area contributed by atoms with E-state index in [0.717, 1.165) is 15.6 Å². The number of fused-ring (bicyclic) bond motifs is 1. The first-order valence-electron chi connectivity index (χ1n) is 6.20. The van der Waals surface area contributed by atoms with Gasteiger partial charge in [-0.2, -0.15) is 0 Å². The molecule has 0 saturated carbocycles. The van der Waals surface area contributed by atoms with Gasteiger partial charge in [-0.05, 0) is 48.5 Å². The molecular formula is C14H17FN2OS. The van der Waals surface area contributed by atoms with Crippen molar-refractivity contribution < 1.29 is 9.18 Å². The van der Waals surface area contributed by atoms with Crippen LogP contribution in [-0.4, -0.2) is 19.0 Å². The Bertz CT molecular complexity index is 609. The summed E-state index contributed by atoms with van der Waals surface area (Å²) in [6, 6.07) is 4.60. The van der Waals surface area contributed by atoms with E-state index in [9.17, 15) is 9.18 Å². The van der Waals surface area contributed by atoms with Crippen molar-refractivity contribution in [3.8, 4) is 0 Å². The highest BCUT2D eigenvalue weighted by atomic mass is 32.1. The summed E-state index contributed by atoms with van der Waals surface area (Å²) >= 11 is 1.39. The van der Waals surface area contributed by atoms with Crippen LogP contribution in [0.4, 0.5) is 4.39 Å². The van der Waals surface area contributed by atoms with Crippen molar-refractivity contribution in [1.82, 2.24) is 5.32 Å². The van der Waals surface area contributed by atoms with Crippen LogP contribution in [-0.2, 0) is 0 Å². The molecule has 0 aliphatic carbocycles. The van der Waals surface area contributed by atoms with E-state index in [1.54, 1.807) is 6.07 Å². The average Bonchev–Trinajstić information content (AvgIpc) is 2.73. The minimum Gasteiger partial charge on any atom is -0.351 e. The van der Waals surface area contributed by atoms with Crippen molar-refractivity contribution in [2.75, 3.05) is 13.1 Å². The molecule has 0 spiro atoms. The molecule has 1 atom stereocenters. The number of nitrogens with two attached hydrogens (primary N) is 1. The molecule has 0 saturated heterocycles. The minimum absolute atomic E-state index is 0.112. The highest BCUT2D eigenvalue weighted by Crippen LogP contribution is 2.31. The van der Waals surface area contributed by atoms with Crippen LogP contribution in [0, 0.1) is 18.7 Å². The Morgan fingerprint density at radius 3 is 2.95 bits per heavy atom. The molecule has 0 bridgehead atoms. The molecule has 0 aliphatic rings. The molecular weight excluding hydrogens is 263 g/mol. The molecule has 3 N–H and O–H groups in total. The van der Waals surface area contributed by atoms with Crippen molar-refractivity contribution >= 4 is 27.3 Å². The SMILES string of the molecule is Cc1c(C(=O)NCC(C)CN)sc2ccc(F)cc12. The van der Waals surface area contributed by atoms with Crippen LogP contribution in [0.15, 0.2) is 18.2 Å². The summed E-state index contributed by atoms with van der Waals surface area (Å²) in [5.74, 6) is -0.146. The van der Waals surface area contributed by atoms with Crippen LogP contribution in [0.1, 0.15) is 22.2 Å². The summed E-state index contributed by atoms with van der Waals surface area (Å²) in [6.07, 6.45) is 0. The van der Waals surface area contributed by atoms with Gasteiger partial charge in [-0.15, -0.1) is 11.3 Å². The Morgan fingerprint density at radius 1 is 1.53 bits per heavy atom. The average molecular weight is 280 g/mol. The van der Waals surface area contributed by atoms with E-state index in [4.69, 9.17) is 5.73 Å². The second kappa shape index (κ2) is 5.67. The third kappa shape index (κ3) is 2.93. The van der Waals surface area contributed by atoms with Gasteiger partial charge in [0.25, 0.3) is 5.91 Å². The van der Waals surface area contributed by atoms with Crippen LogP contribution in [0.5, 0.6) is 0 Å². The van der Waals surface area contributed by atoms with Crippen LogP contribution >= 0.6 is 11.3 Å². The van der Waals surface area contributed by atoms with Gasteiger partial charge in [0.15, 0.2) is 0 Å². The number of hydrogen-bond acceptors (Lipinski definition) is 3. The molecule has 1 aromatic carbocycles. The van der Waals surface area contributed by atoms with Gasteiger partial charge < -0.3 is 11.1 Å². The molecule has 1 heterocycles. The fourth-order valence-electron chi connectivity index (χ4n) is 1.84. The van der Waals surface area contributed by atoms with Gasteiger partial charge in [-0.3, -0.25) is 4.79 Å². The lowest BCUT2D eigenvalue weighted by Crippen LogP contribution is -2.31. The van der Waals surface area contributed by atoms with Crippen LogP contribution < -0.4 is 11.1 Å². The summed E-state index contributed by atoms with van der Waals surface area (Å²) in [4.78, 5) is 12.7. The quantitative estimate of drug-likeness (QED) is 0.904. The lowest BCUT2D eigenvalue weighted by Gasteiger charge is -2.09. The number of halogens is 1. The first kappa shape index (κ1) is 14.0. The Labute approximate surface area is 115 Å². The van der Waals surface area contributed by atoms with Gasteiger partial charge in [0.2, 0.25) is 0 Å². The number of carbonyl (C=O) groups excluding carboxylic acids is 1. The van der Waals surface area contributed by atoms with Crippen LogP contribution in [0.25, 0.3) is 10.1 Å². The van der Waals surface area contributed by atoms with E-state index in [-0.39, 0.29) is 17.6 Å². The fourth-order valence-corrected chi connectivity index (χ4v) is 2.95. The first-order valence-corrected chi connectivity index (χ1v) is 7.01. The van der Waals surface area contributed by atoms with Gasteiger partial charge in [-0.1, -0.05) is 6.92 Å².